The summed E-state index contributed by atoms with van der Waals surface area (Å²) >= 11 is 0. The number of rotatable bonds is 58. The molecular weight excluding hydrogens is 984 g/mol. The van der Waals surface area contributed by atoms with Gasteiger partial charge < -0.3 is 19.8 Å². The Morgan fingerprint density at radius 3 is 1.18 bits per heavy atom. The molecule has 1 amide bonds. The standard InChI is InChI=1S/C69H123N2O6P/c1-6-8-10-12-14-16-18-20-22-24-25-26-27-28-29-30-31-32-33-34-35-36-37-38-39-40-41-42-43-44-45-47-49-51-53-55-57-59-61-63-69(73)70-67(66-77-78(74,75)76-65-64-71(3,4)5)68(72)62-60-58-56-54-52-50-48-46-23-21-19-17-15-13-11-9-7-2/h8,10,14,16,20,22-23,25-26,28-29,31-32,46,52,54,60,62,67-68,72H,6-7,9,11-13,15,17-19,21,24,27,30,33-45,47-51,53,55-59,61,63-66H2,1-5H3,(H-,70,73,74,75)/p+1/b10-8-,16-14-,22-20-,26-25-,29-28-,32-31-,46-23+,54-52+,62-60+. The first-order chi connectivity index (χ1) is 38.0. The van der Waals surface area contributed by atoms with Gasteiger partial charge in [0.05, 0.1) is 39.9 Å². The lowest BCUT2D eigenvalue weighted by Crippen LogP contribution is -2.45. The van der Waals surface area contributed by atoms with Gasteiger partial charge in [0.2, 0.25) is 5.91 Å². The van der Waals surface area contributed by atoms with Gasteiger partial charge in [-0.1, -0.05) is 277 Å². The lowest BCUT2D eigenvalue weighted by atomic mass is 10.0. The van der Waals surface area contributed by atoms with Crippen molar-refractivity contribution in [1.29, 1.82) is 0 Å². The predicted octanol–water partition coefficient (Wildman–Crippen LogP) is 20.3. The molecule has 0 saturated heterocycles. The van der Waals surface area contributed by atoms with E-state index in [2.05, 4.69) is 116 Å². The number of nitrogens with one attached hydrogen (secondary N) is 1. The highest BCUT2D eigenvalue weighted by Crippen LogP contribution is 2.43. The summed E-state index contributed by atoms with van der Waals surface area (Å²) in [4.78, 5) is 23.3. The molecule has 0 radical (unpaired) electrons. The van der Waals surface area contributed by atoms with E-state index in [1.807, 2.05) is 27.2 Å². The van der Waals surface area contributed by atoms with E-state index >= 15 is 0 Å². The zero-order valence-corrected chi connectivity index (χ0v) is 52.3. The van der Waals surface area contributed by atoms with Crippen LogP contribution in [0, 0.1) is 0 Å². The Labute approximate surface area is 482 Å². The van der Waals surface area contributed by atoms with Crippen molar-refractivity contribution >= 4 is 13.7 Å². The lowest BCUT2D eigenvalue weighted by molar-refractivity contribution is -0.870. The van der Waals surface area contributed by atoms with E-state index in [4.69, 9.17) is 9.05 Å². The maximum atomic E-state index is 13.0. The number of allylic oxidation sites excluding steroid dienone is 17. The number of phosphoric acid groups is 1. The van der Waals surface area contributed by atoms with Crippen LogP contribution in [-0.4, -0.2) is 73.4 Å². The number of hydrogen-bond donors (Lipinski definition) is 3. The number of amides is 1. The minimum atomic E-state index is -4.36. The van der Waals surface area contributed by atoms with Crippen LogP contribution >= 0.6 is 7.82 Å². The molecule has 3 atom stereocenters. The van der Waals surface area contributed by atoms with Crippen LogP contribution in [0.25, 0.3) is 0 Å². The van der Waals surface area contributed by atoms with Gasteiger partial charge in [0.15, 0.2) is 0 Å². The van der Waals surface area contributed by atoms with Gasteiger partial charge in [0.1, 0.15) is 13.2 Å². The first-order valence-electron chi connectivity index (χ1n) is 32.3. The fraction of sp³-hybridized carbons (Fsp3) is 0.725. The molecule has 450 valence electrons. The first kappa shape index (κ1) is 75.2. The van der Waals surface area contributed by atoms with E-state index < -0.39 is 20.0 Å². The minimum absolute atomic E-state index is 0.0510. The Hall–Kier alpha value is -2.84. The van der Waals surface area contributed by atoms with Crippen molar-refractivity contribution in [2.75, 3.05) is 40.9 Å². The van der Waals surface area contributed by atoms with Gasteiger partial charge in [-0.15, -0.1) is 0 Å². The van der Waals surface area contributed by atoms with E-state index in [1.165, 1.54) is 167 Å². The van der Waals surface area contributed by atoms with Crippen molar-refractivity contribution in [2.45, 2.75) is 283 Å². The zero-order chi connectivity index (χ0) is 57.0. The molecule has 9 heteroatoms. The molecule has 0 saturated carbocycles. The Morgan fingerprint density at radius 1 is 0.449 bits per heavy atom. The maximum absolute atomic E-state index is 13.0. The molecule has 0 aliphatic rings. The number of unbranched alkanes of at least 4 members (excludes halogenated alkanes) is 29. The van der Waals surface area contributed by atoms with Gasteiger partial charge in [0.25, 0.3) is 0 Å². The van der Waals surface area contributed by atoms with Crippen molar-refractivity contribution < 1.29 is 32.9 Å². The van der Waals surface area contributed by atoms with Crippen LogP contribution in [0.15, 0.2) is 109 Å². The highest BCUT2D eigenvalue weighted by Gasteiger charge is 2.27. The van der Waals surface area contributed by atoms with E-state index in [1.54, 1.807) is 6.08 Å². The third-order valence-corrected chi connectivity index (χ3v) is 14.9. The van der Waals surface area contributed by atoms with E-state index in [0.29, 0.717) is 17.4 Å². The van der Waals surface area contributed by atoms with Gasteiger partial charge >= 0.3 is 7.82 Å². The monoisotopic (exact) mass is 1110 g/mol. The molecule has 0 rings (SSSR count). The predicted molar refractivity (Wildman–Crippen MR) is 341 cm³/mol. The van der Waals surface area contributed by atoms with Crippen LogP contribution in [0.1, 0.15) is 271 Å². The van der Waals surface area contributed by atoms with E-state index in [-0.39, 0.29) is 19.1 Å². The molecule has 0 aromatic heterocycles. The summed E-state index contributed by atoms with van der Waals surface area (Å²) in [6.45, 7) is 4.67. The molecule has 0 fully saturated rings. The molecule has 0 spiro atoms. The molecule has 0 aromatic carbocycles. The number of carbonyl (C=O) groups excluding carboxylic acids is 1. The Balaban J connectivity index is 4.03. The van der Waals surface area contributed by atoms with Crippen LogP contribution in [0.4, 0.5) is 0 Å². The molecular formula is C69H124N2O6P+. The summed E-state index contributed by atoms with van der Waals surface area (Å²) in [5.41, 5.74) is 0. The van der Waals surface area contributed by atoms with Crippen molar-refractivity contribution in [3.05, 3.63) is 109 Å². The number of hydrogen-bond acceptors (Lipinski definition) is 5. The number of nitrogens with zero attached hydrogens (tertiary/aromatic N) is 1. The summed E-state index contributed by atoms with van der Waals surface area (Å²) in [5, 5.41) is 13.9. The molecule has 0 aliphatic carbocycles. The first-order valence-corrected chi connectivity index (χ1v) is 33.8. The van der Waals surface area contributed by atoms with Gasteiger partial charge in [-0.05, 0) is 96.3 Å². The summed E-state index contributed by atoms with van der Waals surface area (Å²) in [6, 6.07) is -0.874. The Kier molecular flexibility index (Phi) is 56.7. The van der Waals surface area contributed by atoms with Crippen molar-refractivity contribution in [3.8, 4) is 0 Å². The second-order valence-corrected chi connectivity index (χ2v) is 24.2. The van der Waals surface area contributed by atoms with Crippen LogP contribution in [0.5, 0.6) is 0 Å². The number of likely N-dealkylation sites (N-methyl/N-ethyl adjacent to an activating group) is 1. The minimum Gasteiger partial charge on any atom is -0.387 e. The van der Waals surface area contributed by atoms with Gasteiger partial charge in [-0.2, -0.15) is 0 Å². The van der Waals surface area contributed by atoms with Crippen molar-refractivity contribution in [1.82, 2.24) is 5.32 Å². The smallest absolute Gasteiger partial charge is 0.387 e. The third kappa shape index (κ3) is 60.8. The molecule has 0 bridgehead atoms. The summed E-state index contributed by atoms with van der Waals surface area (Å²) < 4.78 is 23.7. The second kappa shape index (κ2) is 58.8. The van der Waals surface area contributed by atoms with Gasteiger partial charge in [-0.25, -0.2) is 4.57 Å². The molecule has 3 N–H and O–H groups in total. The quantitative estimate of drug-likeness (QED) is 0.0243. The summed E-state index contributed by atoms with van der Waals surface area (Å²) in [6.07, 6.45) is 86.5. The number of quaternary nitrogens is 1. The lowest BCUT2D eigenvalue weighted by Gasteiger charge is -2.25. The Bertz CT molecular complexity index is 1640. The molecule has 3 unspecified atom stereocenters. The fourth-order valence-corrected chi connectivity index (χ4v) is 9.70. The Morgan fingerprint density at radius 2 is 0.782 bits per heavy atom. The molecule has 8 nitrogen and oxygen atoms in total. The largest absolute Gasteiger partial charge is 0.472 e. The van der Waals surface area contributed by atoms with Crippen LogP contribution in [0.3, 0.4) is 0 Å². The third-order valence-electron chi connectivity index (χ3n) is 14.0. The number of aliphatic hydroxyl groups excluding tert-OH is 1. The van der Waals surface area contributed by atoms with Crippen molar-refractivity contribution in [3.63, 3.8) is 0 Å². The molecule has 78 heavy (non-hydrogen) atoms. The van der Waals surface area contributed by atoms with Crippen LogP contribution < -0.4 is 5.32 Å². The topological polar surface area (TPSA) is 105 Å². The van der Waals surface area contributed by atoms with E-state index in [0.717, 1.165) is 83.5 Å². The second-order valence-electron chi connectivity index (χ2n) is 22.7. The van der Waals surface area contributed by atoms with Crippen LogP contribution in [0.2, 0.25) is 0 Å². The van der Waals surface area contributed by atoms with E-state index in [9.17, 15) is 19.4 Å². The molecule has 0 aromatic rings. The average molecular weight is 1110 g/mol. The number of carbonyl (C=O) groups is 1. The maximum Gasteiger partial charge on any atom is 0.472 e. The van der Waals surface area contributed by atoms with Crippen LogP contribution in [-0.2, 0) is 18.4 Å². The summed E-state index contributed by atoms with van der Waals surface area (Å²) in [5.74, 6) is -0.191. The number of phosphoric ester groups is 1. The molecule has 0 heterocycles. The SMILES string of the molecule is CC/C=C\C/C=C\C/C=C\C/C=C\C/C=C\C/C=C\CCCCCCCCCCCCCCCCCCCCCCC(=O)NC(COP(=O)(O)OCC[N+](C)(C)C)C(O)/C=C/CC/C=C/CC/C=C/CCCCCCCCC. The van der Waals surface area contributed by atoms with Crippen molar-refractivity contribution in [2.24, 2.45) is 0 Å². The average Bonchev–Trinajstić information content (AvgIpc) is 3.40. The summed E-state index contributed by atoms with van der Waals surface area (Å²) in [7, 11) is 1.54. The molecule has 0 aliphatic heterocycles. The van der Waals surface area contributed by atoms with Gasteiger partial charge in [0, 0.05) is 6.42 Å². The highest BCUT2D eigenvalue weighted by atomic mass is 31.2. The highest BCUT2D eigenvalue weighted by molar-refractivity contribution is 7.47. The fourth-order valence-electron chi connectivity index (χ4n) is 8.96. The number of aliphatic hydroxyl groups is 1. The normalized spacial score (nSPS) is 14.5. The van der Waals surface area contributed by atoms with Gasteiger partial charge in [-0.3, -0.25) is 13.8 Å². The zero-order valence-electron chi connectivity index (χ0n) is 51.4.